The molecule has 1 aliphatic rings. The third kappa shape index (κ3) is 4.25. The van der Waals surface area contributed by atoms with Crippen molar-refractivity contribution in [2.24, 2.45) is 7.05 Å². The van der Waals surface area contributed by atoms with Crippen LogP contribution in [0.15, 0.2) is 53.5 Å². The van der Waals surface area contributed by atoms with Gasteiger partial charge in [0.15, 0.2) is 0 Å². The molecular weight excluding hydrogens is 344 g/mol. The lowest BCUT2D eigenvalue weighted by molar-refractivity contribution is -0.128. The van der Waals surface area contributed by atoms with Crippen molar-refractivity contribution in [1.29, 1.82) is 0 Å². The van der Waals surface area contributed by atoms with Crippen LogP contribution in [0.1, 0.15) is 15.9 Å². The average Bonchev–Trinajstić information content (AvgIpc) is 2.70. The highest BCUT2D eigenvalue weighted by atomic mass is 16.2. The van der Waals surface area contributed by atoms with Crippen molar-refractivity contribution in [2.45, 2.75) is 12.6 Å². The Balaban J connectivity index is 1.77. The van der Waals surface area contributed by atoms with E-state index in [0.717, 1.165) is 5.56 Å². The maximum atomic E-state index is 12.8. The van der Waals surface area contributed by atoms with Crippen molar-refractivity contribution in [2.75, 3.05) is 26.7 Å². The Morgan fingerprint density at radius 1 is 1.11 bits per heavy atom. The number of likely N-dealkylation sites (N-methyl/N-ethyl adjacent to an activating group) is 1. The van der Waals surface area contributed by atoms with Crippen LogP contribution in [-0.4, -0.2) is 58.9 Å². The van der Waals surface area contributed by atoms with Gasteiger partial charge in [0.2, 0.25) is 11.5 Å². The van der Waals surface area contributed by atoms with Gasteiger partial charge in [0.1, 0.15) is 6.04 Å². The monoisotopic (exact) mass is 368 g/mol. The second-order valence-corrected chi connectivity index (χ2v) is 6.70. The minimum atomic E-state index is -0.416. The SMILES string of the molecule is CNC(=O)[C@H]1CN(C(=O)c2ccc(=O)n(C)c2)CCN1Cc1ccccc1. The molecule has 1 saturated heterocycles. The molecule has 2 aromatic rings. The van der Waals surface area contributed by atoms with Crippen LogP contribution in [0.25, 0.3) is 0 Å². The van der Waals surface area contributed by atoms with Gasteiger partial charge in [-0.15, -0.1) is 0 Å². The predicted molar refractivity (Wildman–Crippen MR) is 102 cm³/mol. The van der Waals surface area contributed by atoms with E-state index in [2.05, 4.69) is 10.2 Å². The standard InChI is InChI=1S/C20H24N4O3/c1-21-19(26)17-14-24(20(27)16-8-9-18(25)22(2)13-16)11-10-23(17)12-15-6-4-3-5-7-15/h3-9,13,17H,10-12,14H2,1-2H3,(H,21,26)/t17-/m1/s1. The summed E-state index contributed by atoms with van der Waals surface area (Å²) in [6.45, 7) is 2.10. The zero-order valence-electron chi connectivity index (χ0n) is 15.6. The maximum Gasteiger partial charge on any atom is 0.255 e. The number of amides is 2. The molecule has 1 aromatic carbocycles. The van der Waals surface area contributed by atoms with Gasteiger partial charge in [-0.1, -0.05) is 30.3 Å². The Hall–Kier alpha value is -2.93. The van der Waals surface area contributed by atoms with Crippen LogP contribution in [0.3, 0.4) is 0 Å². The van der Waals surface area contributed by atoms with Gasteiger partial charge in [0.25, 0.3) is 5.91 Å². The van der Waals surface area contributed by atoms with Crippen LogP contribution in [-0.2, 0) is 18.4 Å². The fourth-order valence-electron chi connectivity index (χ4n) is 3.33. The summed E-state index contributed by atoms with van der Waals surface area (Å²) in [6.07, 6.45) is 1.54. The lowest BCUT2D eigenvalue weighted by Crippen LogP contribution is -2.59. The molecule has 0 spiro atoms. The van der Waals surface area contributed by atoms with Gasteiger partial charge in [-0.2, -0.15) is 0 Å². The van der Waals surface area contributed by atoms with E-state index in [0.29, 0.717) is 31.7 Å². The molecule has 1 fully saturated rings. The Kier molecular flexibility index (Phi) is 5.71. The number of rotatable bonds is 4. The van der Waals surface area contributed by atoms with Gasteiger partial charge in [-0.3, -0.25) is 19.3 Å². The number of pyridine rings is 1. The Morgan fingerprint density at radius 3 is 2.52 bits per heavy atom. The van der Waals surface area contributed by atoms with Gasteiger partial charge < -0.3 is 14.8 Å². The van der Waals surface area contributed by atoms with Gasteiger partial charge in [0.05, 0.1) is 5.56 Å². The molecule has 1 atom stereocenters. The number of hydrogen-bond donors (Lipinski definition) is 1. The molecule has 27 heavy (non-hydrogen) atoms. The van der Waals surface area contributed by atoms with Crippen molar-refractivity contribution in [3.63, 3.8) is 0 Å². The summed E-state index contributed by atoms with van der Waals surface area (Å²) in [4.78, 5) is 40.6. The van der Waals surface area contributed by atoms with E-state index in [1.807, 2.05) is 30.3 Å². The van der Waals surface area contributed by atoms with E-state index in [-0.39, 0.29) is 17.4 Å². The topological polar surface area (TPSA) is 74.6 Å². The van der Waals surface area contributed by atoms with E-state index in [9.17, 15) is 14.4 Å². The molecule has 1 aliphatic heterocycles. The molecule has 2 heterocycles. The predicted octanol–water partition coefficient (Wildman–Crippen LogP) is 0.458. The van der Waals surface area contributed by atoms with Crippen LogP contribution >= 0.6 is 0 Å². The Morgan fingerprint density at radius 2 is 1.85 bits per heavy atom. The lowest BCUT2D eigenvalue weighted by atomic mass is 10.1. The molecule has 2 amide bonds. The second-order valence-electron chi connectivity index (χ2n) is 6.70. The van der Waals surface area contributed by atoms with Crippen LogP contribution in [0.4, 0.5) is 0 Å². The highest BCUT2D eigenvalue weighted by molar-refractivity contribution is 5.94. The largest absolute Gasteiger partial charge is 0.358 e. The first-order chi connectivity index (χ1) is 13.0. The summed E-state index contributed by atoms with van der Waals surface area (Å²) in [6, 6.07) is 12.5. The van der Waals surface area contributed by atoms with Crippen LogP contribution < -0.4 is 10.9 Å². The fraction of sp³-hybridized carbons (Fsp3) is 0.350. The highest BCUT2D eigenvalue weighted by Gasteiger charge is 2.34. The number of nitrogens with one attached hydrogen (secondary N) is 1. The van der Waals surface area contributed by atoms with Crippen LogP contribution in [0.2, 0.25) is 0 Å². The molecule has 7 nitrogen and oxygen atoms in total. The summed E-state index contributed by atoms with van der Waals surface area (Å²) in [5, 5.41) is 2.70. The number of hydrogen-bond acceptors (Lipinski definition) is 4. The second kappa shape index (κ2) is 8.18. The van der Waals surface area contributed by atoms with Crippen molar-refractivity contribution < 1.29 is 9.59 Å². The molecule has 0 unspecified atom stereocenters. The Bertz CT molecular complexity index is 878. The van der Waals surface area contributed by atoms with E-state index < -0.39 is 6.04 Å². The zero-order chi connectivity index (χ0) is 19.4. The molecule has 0 bridgehead atoms. The fourth-order valence-corrected chi connectivity index (χ4v) is 3.33. The quantitative estimate of drug-likeness (QED) is 0.851. The van der Waals surface area contributed by atoms with Crippen molar-refractivity contribution in [1.82, 2.24) is 19.7 Å². The molecular formula is C20H24N4O3. The van der Waals surface area contributed by atoms with Crippen LogP contribution in [0.5, 0.6) is 0 Å². The summed E-state index contributed by atoms with van der Waals surface area (Å²) in [7, 11) is 3.22. The van der Waals surface area contributed by atoms with E-state index in [1.165, 1.54) is 22.9 Å². The normalized spacial score (nSPS) is 17.6. The molecule has 7 heteroatoms. The third-order valence-corrected chi connectivity index (χ3v) is 4.89. The van der Waals surface area contributed by atoms with Gasteiger partial charge in [0, 0.05) is 52.5 Å². The molecule has 0 saturated carbocycles. The number of carbonyl (C=O) groups excluding carboxylic acids is 2. The first-order valence-corrected chi connectivity index (χ1v) is 8.95. The van der Waals surface area contributed by atoms with Gasteiger partial charge in [-0.25, -0.2) is 0 Å². The molecule has 0 aliphatic carbocycles. The number of carbonyl (C=O) groups is 2. The van der Waals surface area contributed by atoms with E-state index in [1.54, 1.807) is 19.0 Å². The summed E-state index contributed by atoms with van der Waals surface area (Å²) < 4.78 is 1.38. The zero-order valence-corrected chi connectivity index (χ0v) is 15.6. The minimum Gasteiger partial charge on any atom is -0.358 e. The molecule has 3 rings (SSSR count). The highest BCUT2D eigenvalue weighted by Crippen LogP contribution is 2.16. The number of aromatic nitrogens is 1. The van der Waals surface area contributed by atoms with Crippen molar-refractivity contribution in [3.8, 4) is 0 Å². The summed E-state index contributed by atoms with van der Waals surface area (Å²) in [5.74, 6) is -0.275. The molecule has 1 aromatic heterocycles. The van der Waals surface area contributed by atoms with Crippen molar-refractivity contribution >= 4 is 11.8 Å². The maximum absolute atomic E-state index is 12.8. The van der Waals surface area contributed by atoms with E-state index in [4.69, 9.17) is 0 Å². The first-order valence-electron chi connectivity index (χ1n) is 8.95. The van der Waals surface area contributed by atoms with Crippen molar-refractivity contribution in [3.05, 3.63) is 70.1 Å². The van der Waals surface area contributed by atoms with Crippen LogP contribution in [0, 0.1) is 0 Å². The Labute approximate surface area is 158 Å². The first kappa shape index (κ1) is 18.8. The molecule has 0 radical (unpaired) electrons. The molecule has 1 N–H and O–H groups in total. The average molecular weight is 368 g/mol. The summed E-state index contributed by atoms with van der Waals surface area (Å²) >= 11 is 0. The number of nitrogens with zero attached hydrogens (tertiary/aromatic N) is 3. The summed E-state index contributed by atoms with van der Waals surface area (Å²) in [5.41, 5.74) is 1.41. The number of piperazine rings is 1. The van der Waals surface area contributed by atoms with Gasteiger partial charge >= 0.3 is 0 Å². The molecule has 142 valence electrons. The minimum absolute atomic E-state index is 0.108. The number of aryl methyl sites for hydroxylation is 1. The van der Waals surface area contributed by atoms with Gasteiger partial charge in [-0.05, 0) is 11.6 Å². The number of benzene rings is 1. The smallest absolute Gasteiger partial charge is 0.255 e. The lowest BCUT2D eigenvalue weighted by Gasteiger charge is -2.40. The van der Waals surface area contributed by atoms with E-state index >= 15 is 0 Å². The third-order valence-electron chi connectivity index (χ3n) is 4.89.